The van der Waals surface area contributed by atoms with E-state index in [4.69, 9.17) is 122 Å². The van der Waals surface area contributed by atoms with Gasteiger partial charge in [0.15, 0.2) is 41.5 Å². The highest BCUT2D eigenvalue weighted by Gasteiger charge is 2.58. The van der Waals surface area contributed by atoms with Crippen molar-refractivity contribution >= 4 is 135 Å². The van der Waals surface area contributed by atoms with Crippen molar-refractivity contribution in [1.29, 1.82) is 0 Å². The number of rotatable bonds is 14. The molecule has 4 unspecified atom stereocenters. The lowest BCUT2D eigenvalue weighted by molar-refractivity contribution is -0.0615. The third-order valence-corrected chi connectivity index (χ3v) is 40.4. The fourth-order valence-corrected chi connectivity index (χ4v) is 24.9. The van der Waals surface area contributed by atoms with Crippen molar-refractivity contribution in [1.82, 2.24) is 55.8 Å². The SMILES string of the molecule is O=c1ssc2ccccc12.[C-]#[N+]CCOP1(=S)OC[C@H]2O[C@@H](n3ccc(=O)n4ccnc34)[C@H](OP(O)(=S)OC[C@H]3O[C@@H](n4ccc(=O)n5ccnc45)[C@H](O[Si](C)(C)C(C)(C)C)[C@@H]3O1)[C@@H]2C.[C-]#[N+]CCOP1(=S)OC[C@H]2O[C@@H](n3ccc(=O)n4ccnc34)[C@H](OP(O)OC[C@H]3O[C@@H](n4ccc(=O)n5ccnc45)[C@H](O[Si](C)(C)C(C)(C)C)[C@@H]3O1)[C@@H]2C. The van der Waals surface area contributed by atoms with Crippen molar-refractivity contribution in [2.75, 3.05) is 52.7 Å². The largest absolute Gasteiger partial charge is 0.407 e. The van der Waals surface area contributed by atoms with E-state index in [0.29, 0.717) is 17.3 Å². The second kappa shape index (κ2) is 36.0. The predicted octanol–water partition coefficient (Wildman–Crippen LogP) is 10.4. The van der Waals surface area contributed by atoms with Crippen LogP contribution in [-0.4, -0.2) is 196 Å². The van der Waals surface area contributed by atoms with Crippen molar-refractivity contribution < 1.29 is 82.8 Å². The summed E-state index contributed by atoms with van der Waals surface area (Å²) in [7, 11) is -4.92. The van der Waals surface area contributed by atoms with Crippen molar-refractivity contribution in [3.05, 3.63) is 197 Å². The zero-order valence-corrected chi connectivity index (χ0v) is 76.2. The molecule has 6 saturated heterocycles. The number of benzene rings is 1. The summed E-state index contributed by atoms with van der Waals surface area (Å²) in [4.78, 5) is 109. The summed E-state index contributed by atoms with van der Waals surface area (Å²) in [5, 5.41) is 0.356. The van der Waals surface area contributed by atoms with Gasteiger partial charge in [-0.05, 0) is 94.2 Å². The molecule has 16 rings (SSSR count). The minimum atomic E-state index is -4.07. The van der Waals surface area contributed by atoms with E-state index in [1.807, 2.05) is 38.1 Å². The zero-order chi connectivity index (χ0) is 85.1. The molecule has 2 N–H and O–H groups in total. The van der Waals surface area contributed by atoms with E-state index in [-0.39, 0.29) is 95.6 Å². The molecular weight excluding hydrogens is 1760 g/mol. The van der Waals surface area contributed by atoms with Crippen LogP contribution in [0.15, 0.2) is 147 Å². The van der Waals surface area contributed by atoms with Gasteiger partial charge in [-0.1, -0.05) is 77.9 Å². The summed E-state index contributed by atoms with van der Waals surface area (Å²) in [6.45, 7) is 26.9. The van der Waals surface area contributed by atoms with Gasteiger partial charge in [-0.15, -0.1) is 0 Å². The van der Waals surface area contributed by atoms with Crippen molar-refractivity contribution in [2.45, 2.75) is 178 Å². The summed E-state index contributed by atoms with van der Waals surface area (Å²) in [6, 6.07) is 13.2. The van der Waals surface area contributed by atoms with E-state index in [2.05, 4.69) is 97.4 Å². The van der Waals surface area contributed by atoms with Crippen LogP contribution in [0.5, 0.6) is 0 Å². The minimum Gasteiger partial charge on any atom is -0.407 e. The smallest absolute Gasteiger partial charge is 0.330 e. The lowest BCUT2D eigenvalue weighted by Crippen LogP contribution is -2.49. The van der Waals surface area contributed by atoms with Gasteiger partial charge in [0.2, 0.25) is 36.2 Å². The van der Waals surface area contributed by atoms with Crippen LogP contribution < -0.4 is 27.0 Å². The average molecular weight is 1850 g/mol. The molecule has 0 aliphatic carbocycles. The molecule has 15 heterocycles. The van der Waals surface area contributed by atoms with Crippen LogP contribution in [0, 0.1) is 25.0 Å². The van der Waals surface area contributed by atoms with Crippen molar-refractivity contribution in [2.24, 2.45) is 11.8 Å². The number of aromatic nitrogens is 12. The molecule has 6 aliphatic rings. The minimum absolute atomic E-state index is 0.00492. The maximum absolute atomic E-state index is 12.8. The monoisotopic (exact) mass is 1850 g/mol. The normalized spacial score (nSPS) is 31.1. The van der Waals surface area contributed by atoms with Gasteiger partial charge in [-0.3, -0.25) is 68.9 Å². The number of hydrogen-bond acceptors (Lipinski definition) is 31. The number of fused-ring (bicyclic) bond motifs is 11. The van der Waals surface area contributed by atoms with Gasteiger partial charge >= 0.3 is 28.8 Å². The first-order chi connectivity index (χ1) is 56.4. The number of nitrogens with zero attached hydrogens (tertiary/aromatic N) is 14. The Labute approximate surface area is 707 Å². The van der Waals surface area contributed by atoms with E-state index in [0.717, 1.165) is 10.1 Å². The second-order valence-electron chi connectivity index (χ2n) is 31.7. The van der Waals surface area contributed by atoms with Crippen LogP contribution >= 0.6 is 49.4 Å². The first kappa shape index (κ1) is 89.4. The predicted molar refractivity (Wildman–Crippen MR) is 454 cm³/mol. The molecule has 37 nitrogen and oxygen atoms in total. The van der Waals surface area contributed by atoms with Gasteiger partial charge in [0, 0.05) is 115 Å². The molecule has 4 bridgehead atoms. The van der Waals surface area contributed by atoms with Crippen molar-refractivity contribution in [3.63, 3.8) is 0 Å². The van der Waals surface area contributed by atoms with Gasteiger partial charge in [-0.25, -0.2) is 33.1 Å². The second-order valence-corrected chi connectivity index (χ2v) is 53.1. The van der Waals surface area contributed by atoms with E-state index in [1.54, 1.807) is 65.8 Å². The third kappa shape index (κ3) is 18.9. The van der Waals surface area contributed by atoms with Crippen LogP contribution in [0.4, 0.5) is 0 Å². The topological polar surface area (TPSA) is 371 Å². The van der Waals surface area contributed by atoms with E-state index in [1.165, 1.54) is 89.4 Å². The van der Waals surface area contributed by atoms with Gasteiger partial charge in [-0.2, -0.15) is 0 Å². The van der Waals surface area contributed by atoms with Crippen molar-refractivity contribution in [3.8, 4) is 0 Å². The molecule has 0 amide bonds. The van der Waals surface area contributed by atoms with Gasteiger partial charge in [0.1, 0.15) is 62.0 Å². The summed E-state index contributed by atoms with van der Waals surface area (Å²) in [5.41, 5.74) is -1.14. The Hall–Kier alpha value is -5.92. The van der Waals surface area contributed by atoms with Gasteiger partial charge in [0.05, 0.1) is 44.0 Å². The Morgan fingerprint density at radius 2 is 0.899 bits per heavy atom. The quantitative estimate of drug-likeness (QED) is 0.0336. The highest BCUT2D eigenvalue weighted by atomic mass is 32.9. The first-order valence-corrected chi connectivity index (χ1v) is 54.6. The molecular formula is C71H90N14O23P4S5Si2. The number of imidazole rings is 4. The summed E-state index contributed by atoms with van der Waals surface area (Å²) < 4.78 is 117. The number of hydrogen-bond donors (Lipinski definition) is 2. The lowest BCUT2D eigenvalue weighted by atomic mass is 10.0. The Kier molecular flexibility index (Phi) is 27.0. The Morgan fingerprint density at radius 3 is 1.31 bits per heavy atom. The summed E-state index contributed by atoms with van der Waals surface area (Å²) in [6.07, 6.45) is 5.99. The van der Waals surface area contributed by atoms with E-state index >= 15 is 0 Å². The maximum atomic E-state index is 12.8. The molecule has 10 aromatic rings. The molecule has 0 spiro atoms. The Bertz CT molecular complexity index is 5920. The Balaban J connectivity index is 0.000000174. The molecule has 119 heavy (non-hydrogen) atoms. The van der Waals surface area contributed by atoms with Crippen LogP contribution in [0.25, 0.3) is 42.9 Å². The third-order valence-electron chi connectivity index (χ3n) is 22.1. The average Bonchev–Trinajstić information content (AvgIpc) is 1.61. The molecule has 20 atom stereocenters. The molecule has 1 aromatic carbocycles. The van der Waals surface area contributed by atoms with E-state index in [9.17, 15) is 33.8 Å². The fraction of sp³-hybridized carbons (Fsp3) is 0.535. The molecule has 0 radical (unpaired) electrons. The molecule has 0 saturated carbocycles. The molecule has 48 heteroatoms. The maximum Gasteiger partial charge on any atom is 0.330 e. The molecule has 9 aromatic heterocycles. The highest BCUT2D eigenvalue weighted by Crippen LogP contribution is 2.60. The highest BCUT2D eigenvalue weighted by molar-refractivity contribution is 8.08. The molecule has 6 fully saturated rings. The summed E-state index contributed by atoms with van der Waals surface area (Å²) in [5.74, 6) is 0.315. The first-order valence-electron chi connectivity index (χ1n) is 37.8. The number of ether oxygens (including phenoxy) is 4. The summed E-state index contributed by atoms with van der Waals surface area (Å²) >= 11 is 17.8. The standard InChI is InChI=1S/C32H43N7O11P2S2Si.C32H43N7O11P2SSi.C7H4OS2/c1-20-21-18-45-52(54,43-17-12-33-5)49-26-22(19-44-51(42,53)48-25(20)28(46-21)38-13-8-23(40)36-15-10-34-30(36)38)47-29(27(26)50-55(6,7)32(2,3)4)39-14-9-24(41)37-16-11-35-31(37)39;1-20-21-19-45-52(53,44-17-12-33-5)49-26-22(18-43-51(42)48-25(20)28(46-21)38-13-8-23(40)36-15-10-34-30(36)38)47-29(27(26)50-54(6,7)32(2,3)4)39-14-9-24(41)37-16-11-35-31(37)39;8-7-5-3-1-2-4-6(5)9-10-7/h8-11,13-16,20-22,25-29H,12,17-19H2,1-4,6-7H3,(H,42,53);8-11,13-16,20-22,25-29,42H,12,17-19H2,1-4,6-7H3;1-4H/t2*20-,21-,22-,25-,26-,27-,28-,29-,51?,52?;/m11./s1. The Morgan fingerprint density at radius 1 is 0.521 bits per heavy atom. The van der Waals surface area contributed by atoms with Gasteiger partial charge < -0.3 is 83.5 Å². The van der Waals surface area contributed by atoms with Crippen LogP contribution in [-0.2, 0) is 108 Å². The fourth-order valence-electron chi connectivity index (χ4n) is 13.8. The van der Waals surface area contributed by atoms with Crippen LogP contribution in [0.1, 0.15) is 80.3 Å². The van der Waals surface area contributed by atoms with E-state index < -0.39 is 143 Å². The van der Waals surface area contributed by atoms with Crippen LogP contribution in [0.2, 0.25) is 36.3 Å². The lowest BCUT2D eigenvalue weighted by Gasteiger charge is -2.41. The van der Waals surface area contributed by atoms with Gasteiger partial charge in [0.25, 0.3) is 27.0 Å². The molecule has 6 aliphatic heterocycles. The molecule has 640 valence electrons. The van der Waals surface area contributed by atoms with Crippen LogP contribution in [0.3, 0.4) is 0 Å². The zero-order valence-electron chi connectivity index (χ0n) is 66.5.